The molecule has 3 aliphatic rings. The maximum atomic E-state index is 5.10. The van der Waals surface area contributed by atoms with Gasteiger partial charge in [-0.2, -0.15) is 0 Å². The molecule has 602 valence electrons. The van der Waals surface area contributed by atoms with Gasteiger partial charge in [-0.05, 0) is 119 Å². The second-order valence-electron chi connectivity index (χ2n) is 32.0. The number of fused-ring (bicyclic) bond motifs is 15. The van der Waals surface area contributed by atoms with Crippen molar-refractivity contribution in [3.05, 3.63) is 431 Å². The van der Waals surface area contributed by atoms with E-state index < -0.39 is 0 Å². The summed E-state index contributed by atoms with van der Waals surface area (Å²) in [6, 6.07) is 151. The number of nitrogens with zero attached hydrogens (tertiary/aromatic N) is 9. The zero-order valence-electron chi connectivity index (χ0n) is 69.2. The van der Waals surface area contributed by atoms with Crippen molar-refractivity contribution in [2.45, 2.75) is 0 Å². The lowest BCUT2D eigenvalue weighted by Crippen LogP contribution is -2.00. The Bertz CT molecular complexity index is 8110. The summed E-state index contributed by atoms with van der Waals surface area (Å²) >= 11 is 5.48. The quantitative estimate of drug-likeness (QED) is 0.125. The summed E-state index contributed by atoms with van der Waals surface area (Å²) in [6.45, 7) is 0. The van der Waals surface area contributed by atoms with Crippen molar-refractivity contribution in [2.24, 2.45) is 0 Å². The molecule has 26 rings (SSSR count). The smallest absolute Gasteiger partial charge is 0.174 e. The molecule has 0 atom stereocenters. The first-order valence-corrected chi connectivity index (χ1v) is 45.5. The van der Waals surface area contributed by atoms with Gasteiger partial charge in [0.15, 0.2) is 52.4 Å². The van der Waals surface area contributed by atoms with Crippen molar-refractivity contribution < 1.29 is 0 Å². The maximum Gasteiger partial charge on any atom is 0.174 e. The van der Waals surface area contributed by atoms with Crippen LogP contribution in [0, 0.1) is 0 Å². The maximum absolute atomic E-state index is 5.10. The molecular weight excluding hydrogens is 1630 g/mol. The van der Waals surface area contributed by atoms with Gasteiger partial charge in [0, 0.05) is 101 Å². The molecule has 9 nitrogen and oxygen atoms in total. The van der Waals surface area contributed by atoms with Gasteiger partial charge in [0.1, 0.15) is 0 Å². The van der Waals surface area contributed by atoms with E-state index in [0.717, 1.165) is 54.9 Å². The molecule has 0 N–H and O–H groups in total. The van der Waals surface area contributed by atoms with Crippen LogP contribution in [-0.2, 0) is 0 Å². The largest absolute Gasteiger partial charge is 0.208 e. The van der Waals surface area contributed by atoms with Crippen LogP contribution in [0.2, 0.25) is 0 Å². The second-order valence-corrected chi connectivity index (χ2v) is 35.2. The van der Waals surface area contributed by atoms with E-state index in [0.29, 0.717) is 52.4 Å². The van der Waals surface area contributed by atoms with Gasteiger partial charge in [0.05, 0.1) is 4.88 Å². The minimum absolute atomic E-state index is 0.657. The highest BCUT2D eigenvalue weighted by Crippen LogP contribution is 2.58. The lowest BCUT2D eigenvalue weighted by atomic mass is 9.93. The average molecular weight is 1700 g/mol. The lowest BCUT2D eigenvalue weighted by Gasteiger charge is -2.12. The van der Waals surface area contributed by atoms with Gasteiger partial charge in [-0.25, -0.2) is 44.9 Å². The van der Waals surface area contributed by atoms with Crippen LogP contribution in [0.3, 0.4) is 0 Å². The van der Waals surface area contributed by atoms with Crippen molar-refractivity contribution in [2.75, 3.05) is 0 Å². The van der Waals surface area contributed by atoms with Crippen molar-refractivity contribution in [1.82, 2.24) is 44.9 Å². The van der Waals surface area contributed by atoms with Crippen molar-refractivity contribution in [3.8, 4) is 223 Å². The van der Waals surface area contributed by atoms with E-state index in [1.54, 1.807) is 11.3 Å². The van der Waals surface area contributed by atoms with E-state index >= 15 is 0 Å². The summed E-state index contributed by atoms with van der Waals surface area (Å²) in [5, 5.41) is 3.91. The number of rotatable bonds is 11. The fourth-order valence-corrected chi connectivity index (χ4v) is 22.1. The summed E-state index contributed by atoms with van der Waals surface area (Å²) in [7, 11) is 0. The first kappa shape index (κ1) is 76.3. The fourth-order valence-electron chi connectivity index (χ4n) is 18.5. The molecular formula is C117H71N9S3. The van der Waals surface area contributed by atoms with E-state index in [1.165, 1.54) is 146 Å². The Labute approximate surface area is 756 Å². The highest BCUT2D eigenvalue weighted by Gasteiger charge is 2.32. The third-order valence-electron chi connectivity index (χ3n) is 24.3. The first-order chi connectivity index (χ1) is 64.0. The van der Waals surface area contributed by atoms with E-state index in [2.05, 4.69) is 273 Å². The van der Waals surface area contributed by atoms with E-state index in [1.807, 2.05) is 180 Å². The van der Waals surface area contributed by atoms with Crippen molar-refractivity contribution in [3.63, 3.8) is 0 Å². The minimum atomic E-state index is 0.657. The molecule has 0 saturated carbocycles. The molecule has 0 unspecified atom stereocenters. The predicted molar refractivity (Wildman–Crippen MR) is 535 cm³/mol. The van der Waals surface area contributed by atoms with Crippen molar-refractivity contribution in [1.29, 1.82) is 0 Å². The van der Waals surface area contributed by atoms with E-state index in [-0.39, 0.29) is 0 Å². The molecule has 12 heteroatoms. The van der Waals surface area contributed by atoms with Gasteiger partial charge >= 0.3 is 0 Å². The Hall–Kier alpha value is -16.4. The molecule has 0 fully saturated rings. The summed E-state index contributed by atoms with van der Waals surface area (Å²) in [5.74, 6) is 6.02. The summed E-state index contributed by atoms with van der Waals surface area (Å²) < 4.78 is 3.81. The van der Waals surface area contributed by atoms with Gasteiger partial charge < -0.3 is 0 Å². The van der Waals surface area contributed by atoms with E-state index in [9.17, 15) is 0 Å². The minimum Gasteiger partial charge on any atom is -0.208 e. The molecule has 6 heterocycles. The Morgan fingerprint density at radius 2 is 0.310 bits per heavy atom. The van der Waals surface area contributed by atoms with Gasteiger partial charge in [-0.3, -0.25) is 0 Å². The summed E-state index contributed by atoms with van der Waals surface area (Å²) in [6.07, 6.45) is 0. The third kappa shape index (κ3) is 13.8. The van der Waals surface area contributed by atoms with Gasteiger partial charge in [0.25, 0.3) is 0 Å². The Morgan fingerprint density at radius 1 is 0.124 bits per heavy atom. The molecule has 17 aromatic carbocycles. The molecule has 6 aromatic heterocycles. The normalized spacial score (nSPS) is 11.6. The third-order valence-corrected chi connectivity index (χ3v) is 27.9. The molecule has 0 aliphatic heterocycles. The van der Waals surface area contributed by atoms with Gasteiger partial charge in [0.2, 0.25) is 0 Å². The number of thiophene rings is 3. The average Bonchev–Trinajstić information content (AvgIpc) is 1.58. The Morgan fingerprint density at radius 3 is 0.612 bits per heavy atom. The van der Waals surface area contributed by atoms with Crippen LogP contribution < -0.4 is 0 Å². The molecule has 0 bridgehead atoms. The van der Waals surface area contributed by atoms with Crippen LogP contribution in [0.15, 0.2) is 431 Å². The SMILES string of the molecule is c1ccc(-c2nc(-c3ccccc3)nc(-c3ccc(-c4sc5cccc6c5c4-c4ccccc4-c4ccccc4-6)cc3)n2)cc1.c1ccc(-c2nc(-c3ccccc3)nc(-c3cccc(-c4sc5cccc6c5c4-c4ccccc4-c4ccccc4-6)c3)n2)cc1.c1ccc(-c2nc(-c3ccccc3)nc(-c3sc4cccc5c4c3-c3ccccc3-c3ccccc3-5)n2)cc1. The Kier molecular flexibility index (Phi) is 19.3. The van der Waals surface area contributed by atoms with Crippen LogP contribution in [0.25, 0.3) is 253 Å². The zero-order valence-corrected chi connectivity index (χ0v) is 71.7. The number of hydrogen-bond donors (Lipinski definition) is 0. The fraction of sp³-hybridized carbons (Fsp3) is 0. The topological polar surface area (TPSA) is 116 Å². The number of benzene rings is 17. The zero-order chi connectivity index (χ0) is 85.2. The first-order valence-electron chi connectivity index (χ1n) is 43.1. The van der Waals surface area contributed by atoms with E-state index in [4.69, 9.17) is 44.9 Å². The molecule has 0 radical (unpaired) electrons. The Balaban J connectivity index is 0.000000108. The highest BCUT2D eigenvalue weighted by molar-refractivity contribution is 7.24. The van der Waals surface area contributed by atoms with Gasteiger partial charge in [-0.1, -0.05) is 406 Å². The summed E-state index contributed by atoms with van der Waals surface area (Å²) in [5.41, 5.74) is 32.8. The predicted octanol–water partition coefficient (Wildman–Crippen LogP) is 31.5. The van der Waals surface area contributed by atoms with Crippen LogP contribution >= 0.6 is 34.0 Å². The molecule has 3 aliphatic carbocycles. The van der Waals surface area contributed by atoms with Crippen LogP contribution in [0.4, 0.5) is 0 Å². The number of hydrogen-bond acceptors (Lipinski definition) is 12. The van der Waals surface area contributed by atoms with Crippen molar-refractivity contribution >= 4 is 64.3 Å². The van der Waals surface area contributed by atoms with Gasteiger partial charge in [-0.15, -0.1) is 34.0 Å². The second kappa shape index (κ2) is 32.6. The molecule has 0 spiro atoms. The van der Waals surface area contributed by atoms with Crippen LogP contribution in [-0.4, -0.2) is 44.9 Å². The summed E-state index contributed by atoms with van der Waals surface area (Å²) in [4.78, 5) is 48.3. The number of aromatic nitrogens is 9. The molecule has 0 amide bonds. The van der Waals surface area contributed by atoms with Crippen LogP contribution in [0.5, 0.6) is 0 Å². The molecule has 0 saturated heterocycles. The molecule has 23 aromatic rings. The monoisotopic (exact) mass is 1700 g/mol. The highest BCUT2D eigenvalue weighted by atomic mass is 32.1. The lowest BCUT2D eigenvalue weighted by molar-refractivity contribution is 1.07. The molecule has 129 heavy (non-hydrogen) atoms. The van der Waals surface area contributed by atoms with Crippen LogP contribution in [0.1, 0.15) is 0 Å². The standard InChI is InChI=1S/2C41H25N3S.C35H21N3S/c1-3-13-26(14-4-1)39-42-40(27-15-5-2-6-16-27)44-41(43-39)29-18-11-17-28(25-29)38-37-34-22-10-9-21-32(34)30-19-7-8-20-31(30)33-23-12-24-35(45-38)36(33)37;1-3-12-27(13-4-1)39-42-40(28-14-5-2-6-15-28)44-41(43-39)29-24-22-26(23-25-29)38-37-34-19-10-9-18-32(34)30-16-7-8-17-31(30)33-20-11-21-35(45-38)36(33)37;1-3-12-22(13-4-1)33-36-34(23-14-5-2-6-15-23)38-35(37-33)32-31-28-19-10-9-18-26(28)24-16-7-8-17-25(24)27-20-11-21-29(39-32)30(27)31/h2*1-25H;1-21H.